The smallest absolute Gasteiger partial charge is 0.111 e. The van der Waals surface area contributed by atoms with E-state index in [0.29, 0.717) is 11.1 Å². The van der Waals surface area contributed by atoms with E-state index < -0.39 is 12.2 Å². The van der Waals surface area contributed by atoms with Crippen LogP contribution in [0.2, 0.25) is 0 Å². The van der Waals surface area contributed by atoms with Gasteiger partial charge < -0.3 is 20.2 Å². The number of hydrogen-bond donors (Lipinski definition) is 4. The molecular weight excluding hydrogens is 276 g/mol. The maximum absolute atomic E-state index is 10.6. The lowest BCUT2D eigenvalue weighted by molar-refractivity contribution is 0.0190. The number of aliphatic hydroxyl groups is 2. The maximum Gasteiger partial charge on any atom is 0.111 e. The van der Waals surface area contributed by atoms with Crippen LogP contribution in [0.3, 0.4) is 0 Å². The number of rotatable bonds is 3. The minimum absolute atomic E-state index is 0.702. The lowest BCUT2D eigenvalue weighted by atomic mass is 9.97. The van der Waals surface area contributed by atoms with Gasteiger partial charge in [-0.25, -0.2) is 0 Å². The van der Waals surface area contributed by atoms with Gasteiger partial charge >= 0.3 is 0 Å². The summed E-state index contributed by atoms with van der Waals surface area (Å²) in [5.74, 6) is 0. The Bertz CT molecular complexity index is 860. The molecule has 110 valence electrons. The third-order valence-corrected chi connectivity index (χ3v) is 4.18. The molecule has 0 aliphatic rings. The molecular formula is C18H16N2O2. The van der Waals surface area contributed by atoms with Crippen LogP contribution in [0, 0.1) is 0 Å². The lowest BCUT2D eigenvalue weighted by Crippen LogP contribution is -2.09. The number of aromatic amines is 2. The molecule has 0 bridgehead atoms. The molecule has 0 aliphatic carbocycles. The van der Waals surface area contributed by atoms with Crippen LogP contribution < -0.4 is 0 Å². The van der Waals surface area contributed by atoms with Crippen molar-refractivity contribution in [3.05, 3.63) is 72.1 Å². The van der Waals surface area contributed by atoms with Crippen LogP contribution in [0.4, 0.5) is 0 Å². The van der Waals surface area contributed by atoms with Crippen molar-refractivity contribution in [1.82, 2.24) is 9.97 Å². The molecule has 2 aromatic carbocycles. The minimum Gasteiger partial charge on any atom is -0.385 e. The summed E-state index contributed by atoms with van der Waals surface area (Å²) in [6.45, 7) is 0. The summed E-state index contributed by atoms with van der Waals surface area (Å²) in [5.41, 5.74) is 3.30. The summed E-state index contributed by atoms with van der Waals surface area (Å²) < 4.78 is 0. The SMILES string of the molecule is OC(c1c[nH]c2ccccc12)C(O)c1c[nH]c2ccccc12. The Kier molecular flexibility index (Phi) is 2.99. The lowest BCUT2D eigenvalue weighted by Gasteiger charge is -2.17. The Morgan fingerprint density at radius 1 is 0.636 bits per heavy atom. The zero-order valence-electron chi connectivity index (χ0n) is 11.8. The van der Waals surface area contributed by atoms with E-state index in [2.05, 4.69) is 9.97 Å². The number of para-hydroxylation sites is 2. The Morgan fingerprint density at radius 3 is 1.50 bits per heavy atom. The van der Waals surface area contributed by atoms with Gasteiger partial charge in [0.25, 0.3) is 0 Å². The molecule has 22 heavy (non-hydrogen) atoms. The molecule has 4 rings (SSSR count). The standard InChI is InChI=1S/C18H16N2O2/c21-17(13-9-19-15-7-3-1-5-11(13)15)18(22)14-10-20-16-8-4-2-6-12(14)16/h1-10,17-22H. The molecule has 4 heteroatoms. The van der Waals surface area contributed by atoms with E-state index in [-0.39, 0.29) is 0 Å². The summed E-state index contributed by atoms with van der Waals surface area (Å²) in [4.78, 5) is 6.25. The number of hydrogen-bond acceptors (Lipinski definition) is 2. The van der Waals surface area contributed by atoms with Crippen LogP contribution >= 0.6 is 0 Å². The summed E-state index contributed by atoms with van der Waals surface area (Å²) in [7, 11) is 0. The number of benzene rings is 2. The average molecular weight is 292 g/mol. The van der Waals surface area contributed by atoms with Gasteiger partial charge in [0, 0.05) is 45.3 Å². The van der Waals surface area contributed by atoms with Crippen molar-refractivity contribution in [2.75, 3.05) is 0 Å². The summed E-state index contributed by atoms with van der Waals surface area (Å²) in [6, 6.07) is 15.5. The minimum atomic E-state index is -0.990. The number of H-pyrrole nitrogens is 2. The fraction of sp³-hybridized carbons (Fsp3) is 0.111. The largest absolute Gasteiger partial charge is 0.385 e. The van der Waals surface area contributed by atoms with Crippen molar-refractivity contribution in [2.45, 2.75) is 12.2 Å². The summed E-state index contributed by atoms with van der Waals surface area (Å²) in [5, 5.41) is 23.1. The normalized spacial score (nSPS) is 14.5. The molecule has 2 aromatic heterocycles. The highest BCUT2D eigenvalue weighted by molar-refractivity contribution is 5.85. The van der Waals surface area contributed by atoms with Crippen LogP contribution in [0.25, 0.3) is 21.8 Å². The molecule has 0 saturated heterocycles. The van der Waals surface area contributed by atoms with Gasteiger partial charge in [-0.2, -0.15) is 0 Å². The Balaban J connectivity index is 1.77. The highest BCUT2D eigenvalue weighted by Crippen LogP contribution is 2.35. The fourth-order valence-electron chi connectivity index (χ4n) is 3.02. The first-order valence-electron chi connectivity index (χ1n) is 7.24. The molecule has 4 N–H and O–H groups in total. The Labute approximate surface area is 127 Å². The van der Waals surface area contributed by atoms with Crippen molar-refractivity contribution >= 4 is 21.8 Å². The first-order chi connectivity index (χ1) is 10.8. The summed E-state index contributed by atoms with van der Waals surface area (Å²) in [6.07, 6.45) is 1.53. The molecule has 0 fully saturated rings. The highest BCUT2D eigenvalue weighted by Gasteiger charge is 2.25. The van der Waals surface area contributed by atoms with E-state index in [9.17, 15) is 10.2 Å². The first-order valence-corrected chi connectivity index (χ1v) is 7.24. The molecule has 2 atom stereocenters. The number of aromatic nitrogens is 2. The van der Waals surface area contributed by atoms with E-state index in [1.807, 2.05) is 48.5 Å². The van der Waals surface area contributed by atoms with Crippen molar-refractivity contribution in [3.63, 3.8) is 0 Å². The second-order valence-corrected chi connectivity index (χ2v) is 5.47. The Hall–Kier alpha value is -2.56. The number of fused-ring (bicyclic) bond motifs is 2. The van der Waals surface area contributed by atoms with Gasteiger partial charge in [0.2, 0.25) is 0 Å². The molecule has 4 nitrogen and oxygen atoms in total. The van der Waals surface area contributed by atoms with Crippen molar-refractivity contribution in [3.8, 4) is 0 Å². The number of aliphatic hydroxyl groups excluding tert-OH is 2. The van der Waals surface area contributed by atoms with Gasteiger partial charge in [0.15, 0.2) is 0 Å². The topological polar surface area (TPSA) is 72.0 Å². The van der Waals surface area contributed by atoms with Gasteiger partial charge in [-0.1, -0.05) is 36.4 Å². The predicted molar refractivity (Wildman–Crippen MR) is 86.5 cm³/mol. The number of nitrogens with one attached hydrogen (secondary N) is 2. The van der Waals surface area contributed by atoms with E-state index in [0.717, 1.165) is 21.8 Å². The van der Waals surface area contributed by atoms with Gasteiger partial charge in [0.1, 0.15) is 12.2 Å². The predicted octanol–water partition coefficient (Wildman–Crippen LogP) is 3.42. The van der Waals surface area contributed by atoms with E-state index in [1.165, 1.54) is 0 Å². The molecule has 0 radical (unpaired) electrons. The summed E-state index contributed by atoms with van der Waals surface area (Å²) >= 11 is 0. The average Bonchev–Trinajstić information content (AvgIpc) is 3.17. The van der Waals surface area contributed by atoms with Crippen LogP contribution in [0.15, 0.2) is 60.9 Å². The molecule has 0 spiro atoms. The van der Waals surface area contributed by atoms with Gasteiger partial charge in [0.05, 0.1) is 0 Å². The third kappa shape index (κ3) is 1.93. The second kappa shape index (κ2) is 5.02. The zero-order valence-corrected chi connectivity index (χ0v) is 11.8. The van der Waals surface area contributed by atoms with Crippen molar-refractivity contribution in [2.24, 2.45) is 0 Å². The fourth-order valence-corrected chi connectivity index (χ4v) is 3.02. The maximum atomic E-state index is 10.6. The van der Waals surface area contributed by atoms with E-state index in [4.69, 9.17) is 0 Å². The zero-order chi connectivity index (χ0) is 15.1. The molecule has 4 aromatic rings. The van der Waals surface area contributed by atoms with Crippen LogP contribution in [-0.2, 0) is 0 Å². The molecule has 2 heterocycles. The van der Waals surface area contributed by atoms with Gasteiger partial charge in [-0.05, 0) is 12.1 Å². The molecule has 0 saturated carbocycles. The third-order valence-electron chi connectivity index (χ3n) is 4.18. The quantitative estimate of drug-likeness (QED) is 0.467. The Morgan fingerprint density at radius 2 is 1.05 bits per heavy atom. The van der Waals surface area contributed by atoms with Crippen LogP contribution in [-0.4, -0.2) is 20.2 Å². The van der Waals surface area contributed by atoms with Gasteiger partial charge in [-0.3, -0.25) is 0 Å². The second-order valence-electron chi connectivity index (χ2n) is 5.47. The molecule has 0 aliphatic heterocycles. The monoisotopic (exact) mass is 292 g/mol. The van der Waals surface area contributed by atoms with E-state index >= 15 is 0 Å². The highest BCUT2D eigenvalue weighted by atomic mass is 16.3. The van der Waals surface area contributed by atoms with Crippen molar-refractivity contribution < 1.29 is 10.2 Å². The van der Waals surface area contributed by atoms with Crippen LogP contribution in [0.5, 0.6) is 0 Å². The van der Waals surface area contributed by atoms with Crippen molar-refractivity contribution in [1.29, 1.82) is 0 Å². The van der Waals surface area contributed by atoms with Crippen LogP contribution in [0.1, 0.15) is 23.3 Å². The first kappa shape index (κ1) is 13.1. The van der Waals surface area contributed by atoms with E-state index in [1.54, 1.807) is 12.4 Å². The molecule has 2 unspecified atom stereocenters. The van der Waals surface area contributed by atoms with Gasteiger partial charge in [-0.15, -0.1) is 0 Å². The molecule has 0 amide bonds.